The van der Waals surface area contributed by atoms with Gasteiger partial charge < -0.3 is 15.3 Å². The molecular formula is C12H15BrN2O3. The van der Waals surface area contributed by atoms with Gasteiger partial charge >= 0.3 is 12.0 Å². The van der Waals surface area contributed by atoms with Gasteiger partial charge in [0, 0.05) is 24.5 Å². The SMILES string of the molecule is CN(CCCC(=O)O)C(=O)Nc1ccccc1Br. The molecule has 98 valence electrons. The van der Waals surface area contributed by atoms with Gasteiger partial charge in [-0.15, -0.1) is 0 Å². The van der Waals surface area contributed by atoms with Crippen molar-refractivity contribution in [2.75, 3.05) is 18.9 Å². The molecule has 0 radical (unpaired) electrons. The van der Waals surface area contributed by atoms with Crippen molar-refractivity contribution in [2.24, 2.45) is 0 Å². The summed E-state index contributed by atoms with van der Waals surface area (Å²) in [7, 11) is 1.63. The molecule has 1 rings (SSSR count). The molecule has 5 nitrogen and oxygen atoms in total. The van der Waals surface area contributed by atoms with Crippen molar-refractivity contribution in [2.45, 2.75) is 12.8 Å². The summed E-state index contributed by atoms with van der Waals surface area (Å²) >= 11 is 3.33. The average Bonchev–Trinajstić information content (AvgIpc) is 2.31. The molecule has 0 spiro atoms. The third-order valence-electron chi connectivity index (χ3n) is 2.35. The third kappa shape index (κ3) is 4.75. The van der Waals surface area contributed by atoms with Crippen molar-refractivity contribution in [3.63, 3.8) is 0 Å². The minimum Gasteiger partial charge on any atom is -0.481 e. The maximum atomic E-state index is 11.8. The fourth-order valence-corrected chi connectivity index (χ4v) is 1.73. The molecule has 0 atom stereocenters. The smallest absolute Gasteiger partial charge is 0.321 e. The van der Waals surface area contributed by atoms with Crippen LogP contribution in [0.25, 0.3) is 0 Å². The Labute approximate surface area is 114 Å². The van der Waals surface area contributed by atoms with Gasteiger partial charge in [0.05, 0.1) is 5.69 Å². The van der Waals surface area contributed by atoms with Gasteiger partial charge in [0.25, 0.3) is 0 Å². The van der Waals surface area contributed by atoms with E-state index in [4.69, 9.17) is 5.11 Å². The second-order valence-corrected chi connectivity index (χ2v) is 4.68. The summed E-state index contributed by atoms with van der Waals surface area (Å²) in [6.07, 6.45) is 0.502. The Morgan fingerprint density at radius 1 is 1.39 bits per heavy atom. The Bertz CT molecular complexity index is 437. The first-order valence-electron chi connectivity index (χ1n) is 5.49. The molecule has 0 fully saturated rings. The lowest BCUT2D eigenvalue weighted by Gasteiger charge is -2.18. The lowest BCUT2D eigenvalue weighted by molar-refractivity contribution is -0.137. The van der Waals surface area contributed by atoms with Crippen molar-refractivity contribution in [3.05, 3.63) is 28.7 Å². The first kappa shape index (κ1) is 14.5. The molecule has 0 unspecified atom stereocenters. The number of nitrogens with one attached hydrogen (secondary N) is 1. The number of carbonyl (C=O) groups is 2. The number of nitrogens with zero attached hydrogens (tertiary/aromatic N) is 1. The molecule has 18 heavy (non-hydrogen) atoms. The van der Waals surface area contributed by atoms with Crippen LogP contribution in [0, 0.1) is 0 Å². The van der Waals surface area contributed by atoms with Gasteiger partial charge in [-0.2, -0.15) is 0 Å². The van der Waals surface area contributed by atoms with E-state index in [1.165, 1.54) is 4.90 Å². The van der Waals surface area contributed by atoms with E-state index in [-0.39, 0.29) is 12.5 Å². The summed E-state index contributed by atoms with van der Waals surface area (Å²) in [6, 6.07) is 7.04. The molecule has 0 aliphatic carbocycles. The number of urea groups is 1. The minimum atomic E-state index is -0.852. The molecular weight excluding hydrogens is 300 g/mol. The standard InChI is InChI=1S/C12H15BrN2O3/c1-15(8-4-7-11(16)17)12(18)14-10-6-3-2-5-9(10)13/h2-3,5-6H,4,7-8H2,1H3,(H,14,18)(H,16,17). The zero-order valence-electron chi connectivity index (χ0n) is 10.0. The molecule has 0 saturated carbocycles. The van der Waals surface area contributed by atoms with Gasteiger partial charge in [-0.3, -0.25) is 4.79 Å². The second kappa shape index (κ2) is 7.00. The van der Waals surface area contributed by atoms with Crippen LogP contribution in [0.4, 0.5) is 10.5 Å². The Kier molecular flexibility index (Phi) is 5.64. The quantitative estimate of drug-likeness (QED) is 0.878. The average molecular weight is 315 g/mol. The number of hydrogen-bond acceptors (Lipinski definition) is 2. The van der Waals surface area contributed by atoms with Gasteiger partial charge in [-0.1, -0.05) is 12.1 Å². The Balaban J connectivity index is 2.45. The number of carboxylic acids is 1. The van der Waals surface area contributed by atoms with Crippen LogP contribution in [0.2, 0.25) is 0 Å². The van der Waals surface area contributed by atoms with Crippen LogP contribution in [0.1, 0.15) is 12.8 Å². The van der Waals surface area contributed by atoms with Crippen LogP contribution < -0.4 is 5.32 Å². The van der Waals surface area contributed by atoms with E-state index in [2.05, 4.69) is 21.2 Å². The summed E-state index contributed by atoms with van der Waals surface area (Å²) in [6.45, 7) is 0.405. The van der Waals surface area contributed by atoms with E-state index in [0.717, 1.165) is 4.47 Å². The number of carboxylic acid groups (broad SMARTS) is 1. The number of benzene rings is 1. The van der Waals surface area contributed by atoms with E-state index in [9.17, 15) is 9.59 Å². The lowest BCUT2D eigenvalue weighted by atomic mass is 10.3. The second-order valence-electron chi connectivity index (χ2n) is 3.83. The Hall–Kier alpha value is -1.56. The number of para-hydroxylation sites is 1. The molecule has 0 bridgehead atoms. The van der Waals surface area contributed by atoms with E-state index < -0.39 is 5.97 Å². The summed E-state index contributed by atoms with van der Waals surface area (Å²) < 4.78 is 0.803. The van der Waals surface area contributed by atoms with Crippen LogP contribution in [-0.2, 0) is 4.79 Å². The molecule has 1 aromatic rings. The highest BCUT2D eigenvalue weighted by Crippen LogP contribution is 2.21. The zero-order chi connectivity index (χ0) is 13.5. The maximum absolute atomic E-state index is 11.8. The van der Waals surface area contributed by atoms with Gasteiger partial charge in [-0.05, 0) is 34.5 Å². The highest BCUT2D eigenvalue weighted by molar-refractivity contribution is 9.10. The van der Waals surface area contributed by atoms with E-state index >= 15 is 0 Å². The number of amides is 2. The monoisotopic (exact) mass is 314 g/mol. The highest BCUT2D eigenvalue weighted by Gasteiger charge is 2.10. The van der Waals surface area contributed by atoms with Crippen molar-refractivity contribution in [3.8, 4) is 0 Å². The van der Waals surface area contributed by atoms with E-state index in [1.807, 2.05) is 18.2 Å². The predicted molar refractivity (Wildman–Crippen MR) is 72.7 cm³/mol. The highest BCUT2D eigenvalue weighted by atomic mass is 79.9. The number of rotatable bonds is 5. The van der Waals surface area contributed by atoms with Gasteiger partial charge in [0.2, 0.25) is 0 Å². The minimum absolute atomic E-state index is 0.0622. The third-order valence-corrected chi connectivity index (χ3v) is 3.04. The fourth-order valence-electron chi connectivity index (χ4n) is 1.34. The number of aliphatic carboxylic acids is 1. The number of halogens is 1. The first-order chi connectivity index (χ1) is 8.50. The maximum Gasteiger partial charge on any atom is 0.321 e. The van der Waals surface area contributed by atoms with E-state index in [1.54, 1.807) is 13.1 Å². The van der Waals surface area contributed by atoms with Crippen LogP contribution in [0.15, 0.2) is 28.7 Å². The van der Waals surface area contributed by atoms with Gasteiger partial charge in [0.1, 0.15) is 0 Å². The fraction of sp³-hybridized carbons (Fsp3) is 0.333. The van der Waals surface area contributed by atoms with Crippen molar-refractivity contribution < 1.29 is 14.7 Å². The number of hydrogen-bond donors (Lipinski definition) is 2. The summed E-state index contributed by atoms with van der Waals surface area (Å²) in [5.41, 5.74) is 0.688. The predicted octanol–water partition coefficient (Wildman–Crippen LogP) is 2.78. The normalized spacial score (nSPS) is 9.89. The van der Waals surface area contributed by atoms with Crippen molar-refractivity contribution >= 4 is 33.6 Å². The van der Waals surface area contributed by atoms with Gasteiger partial charge in [0.15, 0.2) is 0 Å². The van der Waals surface area contributed by atoms with Crippen LogP contribution in [-0.4, -0.2) is 35.6 Å². The molecule has 6 heteroatoms. The molecule has 0 aliphatic rings. The summed E-state index contributed by atoms with van der Waals surface area (Å²) in [4.78, 5) is 23.6. The molecule has 0 aliphatic heterocycles. The van der Waals surface area contributed by atoms with Crippen LogP contribution >= 0.6 is 15.9 Å². The zero-order valence-corrected chi connectivity index (χ0v) is 11.6. The van der Waals surface area contributed by atoms with Crippen molar-refractivity contribution in [1.82, 2.24) is 4.90 Å². The summed E-state index contributed by atoms with van der Waals surface area (Å²) in [5.74, 6) is -0.852. The van der Waals surface area contributed by atoms with E-state index in [0.29, 0.717) is 18.7 Å². The molecule has 0 heterocycles. The van der Waals surface area contributed by atoms with Crippen molar-refractivity contribution in [1.29, 1.82) is 0 Å². The molecule has 0 saturated heterocycles. The molecule has 0 aromatic heterocycles. The first-order valence-corrected chi connectivity index (χ1v) is 6.28. The number of anilines is 1. The largest absolute Gasteiger partial charge is 0.481 e. The molecule has 2 N–H and O–H groups in total. The van der Waals surface area contributed by atoms with Crippen LogP contribution in [0.3, 0.4) is 0 Å². The van der Waals surface area contributed by atoms with Gasteiger partial charge in [-0.25, -0.2) is 4.79 Å². The summed E-state index contributed by atoms with van der Waals surface area (Å²) in [5, 5.41) is 11.3. The lowest BCUT2D eigenvalue weighted by Crippen LogP contribution is -2.32. The van der Waals surface area contributed by atoms with Crippen LogP contribution in [0.5, 0.6) is 0 Å². The molecule has 1 aromatic carbocycles. The Morgan fingerprint density at radius 3 is 2.67 bits per heavy atom. The Morgan fingerprint density at radius 2 is 2.06 bits per heavy atom. The number of carbonyl (C=O) groups excluding carboxylic acids is 1. The molecule has 2 amide bonds. The topological polar surface area (TPSA) is 69.6 Å².